The highest BCUT2D eigenvalue weighted by molar-refractivity contribution is 6.08. The molecule has 1 aromatic heterocycles. The molecule has 0 bridgehead atoms. The number of nitrogens with zero attached hydrogens (tertiary/aromatic N) is 1. The van der Waals surface area contributed by atoms with Crippen LogP contribution in [0.15, 0.2) is 36.7 Å². The second-order valence-corrected chi connectivity index (χ2v) is 3.91. The molecule has 1 aromatic carbocycles. The Bertz CT molecular complexity index is 596. The first kappa shape index (κ1) is 12.2. The Morgan fingerprint density at radius 1 is 1.22 bits per heavy atom. The molecule has 0 N–H and O–H groups in total. The maximum absolute atomic E-state index is 13.0. The lowest BCUT2D eigenvalue weighted by molar-refractivity contribution is 0.103. The van der Waals surface area contributed by atoms with Crippen LogP contribution in [0, 0.1) is 12.7 Å². The van der Waals surface area contributed by atoms with Gasteiger partial charge in [-0.05, 0) is 36.8 Å². The van der Waals surface area contributed by atoms with Gasteiger partial charge in [-0.25, -0.2) is 4.39 Å². The second kappa shape index (κ2) is 4.96. The Morgan fingerprint density at radius 2 is 2.00 bits per heavy atom. The molecule has 0 spiro atoms. The minimum Gasteiger partial charge on any atom is -0.496 e. The molecule has 0 aliphatic carbocycles. The van der Waals surface area contributed by atoms with Crippen molar-refractivity contribution < 1.29 is 13.9 Å². The molecule has 0 saturated heterocycles. The Hall–Kier alpha value is -2.23. The molecular weight excluding hydrogens is 233 g/mol. The molecule has 0 aliphatic rings. The van der Waals surface area contributed by atoms with Gasteiger partial charge < -0.3 is 4.74 Å². The molecule has 0 radical (unpaired) electrons. The minimum absolute atomic E-state index is 0.236. The van der Waals surface area contributed by atoms with Crippen molar-refractivity contribution in [3.63, 3.8) is 0 Å². The monoisotopic (exact) mass is 245 g/mol. The predicted octanol–water partition coefficient (Wildman–Crippen LogP) is 2.77. The van der Waals surface area contributed by atoms with E-state index in [1.807, 2.05) is 6.92 Å². The summed E-state index contributed by atoms with van der Waals surface area (Å²) in [6.45, 7) is 1.85. The van der Waals surface area contributed by atoms with E-state index in [1.165, 1.54) is 12.3 Å². The number of methoxy groups -OCH3 is 1. The normalized spacial score (nSPS) is 10.2. The van der Waals surface area contributed by atoms with Crippen LogP contribution in [0.4, 0.5) is 4.39 Å². The number of ether oxygens (including phenoxy) is 1. The summed E-state index contributed by atoms with van der Waals surface area (Å²) in [5, 5.41) is 0. The lowest BCUT2D eigenvalue weighted by atomic mass is 10.0. The zero-order valence-electron chi connectivity index (χ0n) is 10.1. The summed E-state index contributed by atoms with van der Waals surface area (Å²) in [6, 6.07) is 6.26. The number of hydrogen-bond donors (Lipinski definition) is 0. The molecule has 18 heavy (non-hydrogen) atoms. The van der Waals surface area contributed by atoms with E-state index >= 15 is 0 Å². The van der Waals surface area contributed by atoms with Crippen LogP contribution >= 0.6 is 0 Å². The summed E-state index contributed by atoms with van der Waals surface area (Å²) >= 11 is 0. The fraction of sp³-hybridized carbons (Fsp3) is 0.143. The van der Waals surface area contributed by atoms with E-state index in [2.05, 4.69) is 4.98 Å². The molecule has 0 unspecified atom stereocenters. The van der Waals surface area contributed by atoms with Crippen molar-refractivity contribution in [1.82, 2.24) is 4.98 Å². The molecule has 0 aliphatic heterocycles. The molecule has 0 amide bonds. The van der Waals surface area contributed by atoms with Gasteiger partial charge in [0.2, 0.25) is 0 Å². The molecule has 1 heterocycles. The first-order valence-corrected chi connectivity index (χ1v) is 5.41. The number of aryl methyl sites for hydroxylation is 1. The van der Waals surface area contributed by atoms with Crippen LogP contribution in [0.5, 0.6) is 5.75 Å². The third-order valence-corrected chi connectivity index (χ3v) is 2.62. The number of pyridine rings is 1. The van der Waals surface area contributed by atoms with Crippen LogP contribution in [0.25, 0.3) is 0 Å². The quantitative estimate of drug-likeness (QED) is 0.780. The van der Waals surface area contributed by atoms with Gasteiger partial charge in [-0.1, -0.05) is 0 Å². The first-order valence-electron chi connectivity index (χ1n) is 5.41. The number of ketones is 1. The van der Waals surface area contributed by atoms with Crippen molar-refractivity contribution in [3.8, 4) is 5.75 Å². The van der Waals surface area contributed by atoms with Crippen molar-refractivity contribution >= 4 is 5.78 Å². The predicted molar refractivity (Wildman–Crippen MR) is 65.4 cm³/mol. The molecule has 0 fully saturated rings. The Kier molecular flexibility index (Phi) is 3.37. The Labute approximate surface area is 104 Å². The average molecular weight is 245 g/mol. The van der Waals surface area contributed by atoms with E-state index in [4.69, 9.17) is 4.74 Å². The summed E-state index contributed by atoms with van der Waals surface area (Å²) < 4.78 is 18.1. The van der Waals surface area contributed by atoms with Crippen LogP contribution in [0.3, 0.4) is 0 Å². The lowest BCUT2D eigenvalue weighted by Crippen LogP contribution is -2.03. The van der Waals surface area contributed by atoms with Gasteiger partial charge in [0.25, 0.3) is 0 Å². The summed E-state index contributed by atoms with van der Waals surface area (Å²) in [5.74, 6) is -0.0669. The van der Waals surface area contributed by atoms with Gasteiger partial charge in [-0.3, -0.25) is 9.78 Å². The Morgan fingerprint density at radius 3 is 2.61 bits per heavy atom. The fourth-order valence-electron chi connectivity index (χ4n) is 1.72. The first-order chi connectivity index (χ1) is 8.61. The largest absolute Gasteiger partial charge is 0.496 e. The van der Waals surface area contributed by atoms with E-state index in [9.17, 15) is 9.18 Å². The molecule has 3 nitrogen and oxygen atoms in total. The van der Waals surface area contributed by atoms with E-state index in [-0.39, 0.29) is 11.3 Å². The fourth-order valence-corrected chi connectivity index (χ4v) is 1.72. The summed E-state index contributed by atoms with van der Waals surface area (Å²) in [5.41, 5.74) is 1.58. The smallest absolute Gasteiger partial charge is 0.194 e. The highest BCUT2D eigenvalue weighted by Gasteiger charge is 2.11. The van der Waals surface area contributed by atoms with Crippen LogP contribution in [-0.2, 0) is 0 Å². The van der Waals surface area contributed by atoms with Crippen molar-refractivity contribution in [3.05, 3.63) is 59.2 Å². The van der Waals surface area contributed by atoms with E-state index in [1.54, 1.807) is 25.3 Å². The number of carbonyl (C=O) groups is 1. The van der Waals surface area contributed by atoms with Gasteiger partial charge in [-0.2, -0.15) is 0 Å². The van der Waals surface area contributed by atoms with Crippen molar-refractivity contribution in [2.45, 2.75) is 6.92 Å². The SMILES string of the molecule is COc1ccc(C(=O)c2cncc(F)c2)cc1C. The molecule has 0 atom stereocenters. The summed E-state index contributed by atoms with van der Waals surface area (Å²) in [7, 11) is 1.57. The molecule has 92 valence electrons. The van der Waals surface area contributed by atoms with Gasteiger partial charge in [0, 0.05) is 17.3 Å². The van der Waals surface area contributed by atoms with Gasteiger partial charge in [0.1, 0.15) is 11.6 Å². The lowest BCUT2D eigenvalue weighted by Gasteiger charge is -2.06. The maximum Gasteiger partial charge on any atom is 0.194 e. The van der Waals surface area contributed by atoms with Gasteiger partial charge in [0.05, 0.1) is 13.3 Å². The van der Waals surface area contributed by atoms with Gasteiger partial charge in [0.15, 0.2) is 5.78 Å². The maximum atomic E-state index is 13.0. The van der Waals surface area contributed by atoms with Crippen molar-refractivity contribution in [2.24, 2.45) is 0 Å². The van der Waals surface area contributed by atoms with Crippen molar-refractivity contribution in [1.29, 1.82) is 0 Å². The zero-order valence-corrected chi connectivity index (χ0v) is 10.1. The van der Waals surface area contributed by atoms with Gasteiger partial charge >= 0.3 is 0 Å². The second-order valence-electron chi connectivity index (χ2n) is 3.91. The summed E-state index contributed by atoms with van der Waals surface area (Å²) in [4.78, 5) is 15.8. The third kappa shape index (κ3) is 2.37. The number of rotatable bonds is 3. The number of aromatic nitrogens is 1. The number of halogens is 1. The Balaban J connectivity index is 2.37. The topological polar surface area (TPSA) is 39.2 Å². The summed E-state index contributed by atoms with van der Waals surface area (Å²) in [6.07, 6.45) is 2.42. The highest BCUT2D eigenvalue weighted by atomic mass is 19.1. The number of benzene rings is 1. The number of carbonyl (C=O) groups excluding carboxylic acids is 1. The number of hydrogen-bond acceptors (Lipinski definition) is 3. The van der Waals surface area contributed by atoms with Crippen LogP contribution in [0.2, 0.25) is 0 Å². The van der Waals surface area contributed by atoms with Crippen molar-refractivity contribution in [2.75, 3.05) is 7.11 Å². The van der Waals surface area contributed by atoms with Crippen LogP contribution in [-0.4, -0.2) is 17.9 Å². The average Bonchev–Trinajstić information content (AvgIpc) is 2.37. The van der Waals surface area contributed by atoms with Gasteiger partial charge in [-0.15, -0.1) is 0 Å². The molecule has 0 saturated carbocycles. The standard InChI is InChI=1S/C14H12FNO2/c1-9-5-10(3-4-13(9)18-2)14(17)11-6-12(15)8-16-7-11/h3-8H,1-2H3. The highest BCUT2D eigenvalue weighted by Crippen LogP contribution is 2.20. The molecule has 2 rings (SSSR count). The zero-order chi connectivity index (χ0) is 13.1. The minimum atomic E-state index is -0.522. The van der Waals surface area contributed by atoms with Crippen LogP contribution < -0.4 is 4.74 Å². The molecular formula is C14H12FNO2. The molecule has 2 aromatic rings. The third-order valence-electron chi connectivity index (χ3n) is 2.62. The van der Waals surface area contributed by atoms with E-state index < -0.39 is 5.82 Å². The van der Waals surface area contributed by atoms with E-state index in [0.717, 1.165) is 11.8 Å². The molecule has 4 heteroatoms. The van der Waals surface area contributed by atoms with E-state index in [0.29, 0.717) is 11.3 Å². The van der Waals surface area contributed by atoms with Crippen LogP contribution in [0.1, 0.15) is 21.5 Å².